The molecule has 1 fully saturated rings. The van der Waals surface area contributed by atoms with Crippen molar-refractivity contribution in [2.24, 2.45) is 0 Å². The lowest BCUT2D eigenvalue weighted by Gasteiger charge is -2.17. The fourth-order valence-electron chi connectivity index (χ4n) is 2.42. The second-order valence-corrected chi connectivity index (χ2v) is 6.78. The van der Waals surface area contributed by atoms with Gasteiger partial charge in [-0.2, -0.15) is 0 Å². The minimum atomic E-state index is -0.0557. The van der Waals surface area contributed by atoms with Crippen LogP contribution >= 0.6 is 27.5 Å². The summed E-state index contributed by atoms with van der Waals surface area (Å²) in [6.45, 7) is 1.20. The van der Waals surface area contributed by atoms with Crippen LogP contribution in [0.5, 0.6) is 11.6 Å². The lowest BCUT2D eigenvalue weighted by atomic mass is 10.3. The third-order valence-electron chi connectivity index (χ3n) is 3.66. The van der Waals surface area contributed by atoms with Crippen molar-refractivity contribution in [3.05, 3.63) is 52.1 Å². The summed E-state index contributed by atoms with van der Waals surface area (Å²) < 4.78 is 12.2. The van der Waals surface area contributed by atoms with Crippen LogP contribution in [0.2, 0.25) is 5.02 Å². The molecule has 0 aliphatic carbocycles. The van der Waals surface area contributed by atoms with Crippen molar-refractivity contribution in [3.63, 3.8) is 0 Å². The van der Waals surface area contributed by atoms with Gasteiger partial charge in [0.25, 0.3) is 5.91 Å². The molecule has 24 heavy (non-hydrogen) atoms. The van der Waals surface area contributed by atoms with E-state index in [1.54, 1.807) is 41.4 Å². The number of nitrogens with zero attached hydrogens (tertiary/aromatic N) is 2. The predicted molar refractivity (Wildman–Crippen MR) is 94.5 cm³/mol. The van der Waals surface area contributed by atoms with Crippen LogP contribution in [0, 0.1) is 0 Å². The molecule has 1 unspecified atom stereocenters. The van der Waals surface area contributed by atoms with Gasteiger partial charge in [-0.15, -0.1) is 0 Å². The largest absolute Gasteiger partial charge is 0.484 e. The van der Waals surface area contributed by atoms with Crippen LogP contribution in [0.3, 0.4) is 0 Å². The summed E-state index contributed by atoms with van der Waals surface area (Å²) in [5.74, 6) is 1.13. The Morgan fingerprint density at radius 1 is 1.29 bits per heavy atom. The molecule has 0 radical (unpaired) electrons. The number of amides is 1. The van der Waals surface area contributed by atoms with Crippen LogP contribution in [-0.2, 0) is 4.79 Å². The molecule has 1 atom stereocenters. The smallest absolute Gasteiger partial charge is 0.260 e. The number of benzene rings is 1. The Morgan fingerprint density at radius 3 is 2.79 bits per heavy atom. The van der Waals surface area contributed by atoms with Crippen LogP contribution in [0.25, 0.3) is 0 Å². The fourth-order valence-corrected chi connectivity index (χ4v) is 2.78. The number of rotatable bonds is 5. The number of aromatic nitrogens is 1. The summed E-state index contributed by atoms with van der Waals surface area (Å²) in [6, 6.07) is 10.6. The van der Waals surface area contributed by atoms with Gasteiger partial charge in [-0.3, -0.25) is 4.79 Å². The maximum atomic E-state index is 12.2. The molecule has 1 aliphatic rings. The molecular weight excluding hydrogens is 396 g/mol. The van der Waals surface area contributed by atoms with Crippen molar-refractivity contribution in [3.8, 4) is 11.6 Å². The van der Waals surface area contributed by atoms with E-state index < -0.39 is 0 Å². The SMILES string of the molecule is O=C(COc1ccc(Cl)cc1)N1CCC(Oc2ccc(Br)cn2)C1. The molecule has 3 rings (SSSR count). The Kier molecular flexibility index (Phi) is 5.58. The van der Waals surface area contributed by atoms with Crippen LogP contribution in [-0.4, -0.2) is 41.6 Å². The summed E-state index contributed by atoms with van der Waals surface area (Å²) in [6.07, 6.45) is 2.43. The molecule has 1 amide bonds. The third kappa shape index (κ3) is 4.61. The number of pyridine rings is 1. The van der Waals surface area contributed by atoms with Gasteiger partial charge in [0.15, 0.2) is 6.61 Å². The highest BCUT2D eigenvalue weighted by Gasteiger charge is 2.28. The van der Waals surface area contributed by atoms with E-state index in [1.807, 2.05) is 6.07 Å². The number of halogens is 2. The molecule has 126 valence electrons. The first kappa shape index (κ1) is 17.0. The Balaban J connectivity index is 1.46. The second-order valence-electron chi connectivity index (χ2n) is 5.43. The maximum Gasteiger partial charge on any atom is 0.260 e. The summed E-state index contributed by atoms with van der Waals surface area (Å²) in [5, 5.41) is 0.634. The second kappa shape index (κ2) is 7.85. The van der Waals surface area contributed by atoms with Crippen molar-refractivity contribution in [1.82, 2.24) is 9.88 Å². The molecule has 1 aliphatic heterocycles. The first-order valence-corrected chi connectivity index (χ1v) is 8.71. The monoisotopic (exact) mass is 410 g/mol. The van der Waals surface area contributed by atoms with Gasteiger partial charge in [0.05, 0.1) is 6.54 Å². The molecule has 0 spiro atoms. The first-order chi connectivity index (χ1) is 11.6. The van der Waals surface area contributed by atoms with Crippen molar-refractivity contribution in [2.45, 2.75) is 12.5 Å². The molecule has 7 heteroatoms. The van der Waals surface area contributed by atoms with E-state index in [2.05, 4.69) is 20.9 Å². The number of likely N-dealkylation sites (tertiary alicyclic amines) is 1. The van der Waals surface area contributed by atoms with Gasteiger partial charge in [-0.25, -0.2) is 4.98 Å². The molecule has 0 N–H and O–H groups in total. The number of carbonyl (C=O) groups is 1. The van der Waals surface area contributed by atoms with Crippen molar-refractivity contribution in [1.29, 1.82) is 0 Å². The van der Waals surface area contributed by atoms with Crippen LogP contribution < -0.4 is 9.47 Å². The van der Waals surface area contributed by atoms with Gasteiger partial charge in [0, 0.05) is 34.7 Å². The van der Waals surface area contributed by atoms with Gasteiger partial charge in [-0.05, 0) is 46.3 Å². The van der Waals surface area contributed by atoms with Gasteiger partial charge in [-0.1, -0.05) is 11.6 Å². The predicted octanol–water partition coefficient (Wildman–Crippen LogP) is 3.56. The fraction of sp³-hybridized carbons (Fsp3) is 0.294. The van der Waals surface area contributed by atoms with Crippen molar-refractivity contribution >= 4 is 33.4 Å². The molecule has 0 bridgehead atoms. The Hall–Kier alpha value is -1.79. The zero-order valence-corrected chi connectivity index (χ0v) is 15.2. The van der Waals surface area contributed by atoms with Gasteiger partial charge in [0.1, 0.15) is 11.9 Å². The van der Waals surface area contributed by atoms with Crippen LogP contribution in [0.1, 0.15) is 6.42 Å². The number of carbonyl (C=O) groups excluding carboxylic acids is 1. The minimum absolute atomic E-state index is 0.00485. The van der Waals surface area contributed by atoms with Crippen molar-refractivity contribution in [2.75, 3.05) is 19.7 Å². The quantitative estimate of drug-likeness (QED) is 0.755. The van der Waals surface area contributed by atoms with E-state index in [0.29, 0.717) is 29.7 Å². The molecule has 2 heterocycles. The summed E-state index contributed by atoms with van der Waals surface area (Å²) >= 11 is 9.15. The Morgan fingerprint density at radius 2 is 2.08 bits per heavy atom. The molecule has 1 aromatic heterocycles. The minimum Gasteiger partial charge on any atom is -0.484 e. The maximum absolute atomic E-state index is 12.2. The van der Waals surface area contributed by atoms with Gasteiger partial charge in [0.2, 0.25) is 5.88 Å². The van der Waals surface area contributed by atoms with E-state index in [9.17, 15) is 4.79 Å². The molecule has 0 saturated carbocycles. The average Bonchev–Trinajstić information content (AvgIpc) is 3.05. The van der Waals surface area contributed by atoms with E-state index in [1.165, 1.54) is 0 Å². The highest BCUT2D eigenvalue weighted by molar-refractivity contribution is 9.10. The van der Waals surface area contributed by atoms with E-state index in [0.717, 1.165) is 10.9 Å². The Labute approximate surface area is 153 Å². The van der Waals surface area contributed by atoms with Gasteiger partial charge < -0.3 is 14.4 Å². The third-order valence-corrected chi connectivity index (χ3v) is 4.38. The zero-order chi connectivity index (χ0) is 16.9. The highest BCUT2D eigenvalue weighted by atomic mass is 79.9. The number of hydrogen-bond acceptors (Lipinski definition) is 4. The summed E-state index contributed by atoms with van der Waals surface area (Å²) in [7, 11) is 0. The summed E-state index contributed by atoms with van der Waals surface area (Å²) in [4.78, 5) is 18.2. The topological polar surface area (TPSA) is 51.7 Å². The average molecular weight is 412 g/mol. The van der Waals surface area contributed by atoms with E-state index in [4.69, 9.17) is 21.1 Å². The zero-order valence-electron chi connectivity index (χ0n) is 12.8. The first-order valence-electron chi connectivity index (χ1n) is 7.54. The highest BCUT2D eigenvalue weighted by Crippen LogP contribution is 2.19. The van der Waals surface area contributed by atoms with Crippen LogP contribution in [0.15, 0.2) is 47.1 Å². The molecule has 5 nitrogen and oxygen atoms in total. The molecule has 1 saturated heterocycles. The molecule has 1 aromatic carbocycles. The normalized spacial score (nSPS) is 16.9. The number of hydrogen-bond donors (Lipinski definition) is 0. The number of ether oxygens (including phenoxy) is 2. The molecular formula is C17H16BrClN2O3. The summed E-state index contributed by atoms with van der Waals surface area (Å²) in [5.41, 5.74) is 0. The lowest BCUT2D eigenvalue weighted by Crippen LogP contribution is -2.34. The van der Waals surface area contributed by atoms with Gasteiger partial charge >= 0.3 is 0 Å². The van der Waals surface area contributed by atoms with Crippen molar-refractivity contribution < 1.29 is 14.3 Å². The van der Waals surface area contributed by atoms with E-state index >= 15 is 0 Å². The van der Waals surface area contributed by atoms with E-state index in [-0.39, 0.29) is 18.6 Å². The standard InChI is InChI=1S/C17H16BrClN2O3/c18-12-1-6-16(20-9-12)24-15-7-8-21(10-15)17(22)11-23-14-4-2-13(19)3-5-14/h1-6,9,15H,7-8,10-11H2. The molecule has 2 aromatic rings. The Bertz CT molecular complexity index is 694. The van der Waals surface area contributed by atoms with Crippen LogP contribution in [0.4, 0.5) is 0 Å². The lowest BCUT2D eigenvalue weighted by molar-refractivity contribution is -0.132.